The van der Waals surface area contributed by atoms with Crippen molar-refractivity contribution < 1.29 is 9.13 Å². The number of hydrogen-bond donors (Lipinski definition) is 0. The van der Waals surface area contributed by atoms with Crippen LogP contribution >= 0.6 is 14.3 Å². The molecule has 4 nitrogen and oxygen atoms in total. The lowest BCUT2D eigenvalue weighted by Crippen LogP contribution is -2.25. The summed E-state index contributed by atoms with van der Waals surface area (Å²) in [6.45, 7) is 0. The molecule has 0 saturated carbocycles. The van der Waals surface area contributed by atoms with Gasteiger partial charge in [-0.25, -0.2) is 4.98 Å². The fourth-order valence-corrected chi connectivity index (χ4v) is 12.8. The van der Waals surface area contributed by atoms with Crippen molar-refractivity contribution >= 4 is 84.5 Å². The second-order valence-electron chi connectivity index (χ2n) is 12.2. The fraction of sp³-hybridized carbons (Fsp3) is 0. The number of pyridine rings is 1. The summed E-state index contributed by atoms with van der Waals surface area (Å²) in [6.07, 6.45) is 0. The van der Waals surface area contributed by atoms with Crippen molar-refractivity contribution in [2.24, 2.45) is 0 Å². The molecular weight excluding hydrogens is 638 g/mol. The van der Waals surface area contributed by atoms with Gasteiger partial charge in [0.05, 0.1) is 16.6 Å². The van der Waals surface area contributed by atoms with E-state index in [2.05, 4.69) is 22.6 Å². The van der Waals surface area contributed by atoms with Crippen LogP contribution in [0.25, 0.3) is 38.4 Å². The average Bonchev–Trinajstić information content (AvgIpc) is 3.58. The Morgan fingerprint density at radius 3 is 1.45 bits per heavy atom. The third-order valence-corrected chi connectivity index (χ3v) is 15.7. The van der Waals surface area contributed by atoms with Gasteiger partial charge >= 0.3 is 0 Å². The molecule has 0 N–H and O–H groups in total. The van der Waals surface area contributed by atoms with Crippen molar-refractivity contribution in [3.63, 3.8) is 0 Å². The molecule has 0 aliphatic heterocycles. The first-order valence-electron chi connectivity index (χ1n) is 16.3. The van der Waals surface area contributed by atoms with Crippen LogP contribution in [0, 0.1) is 0 Å². The molecule has 2 aromatic heterocycles. The predicted octanol–water partition coefficient (Wildman–Crippen LogP) is 8.07. The van der Waals surface area contributed by atoms with Crippen LogP contribution in [0.3, 0.4) is 0 Å². The lowest BCUT2D eigenvalue weighted by atomic mass is 10.1. The Balaban J connectivity index is 1.37. The van der Waals surface area contributed by atoms with E-state index in [9.17, 15) is 0 Å². The van der Waals surface area contributed by atoms with Gasteiger partial charge in [0.25, 0.3) is 0 Å². The smallest absolute Gasteiger partial charge is 0.171 e. The van der Waals surface area contributed by atoms with Crippen molar-refractivity contribution in [3.8, 4) is 0 Å². The molecule has 0 radical (unpaired) electrons. The zero-order valence-corrected chi connectivity index (χ0v) is 28.2. The maximum atomic E-state index is 15.8. The van der Waals surface area contributed by atoms with E-state index in [-0.39, 0.29) is 0 Å². The number of benzene rings is 7. The molecule has 6 heteroatoms. The first-order chi connectivity index (χ1) is 24.1. The number of rotatable bonds is 6. The van der Waals surface area contributed by atoms with E-state index in [1.165, 1.54) is 0 Å². The van der Waals surface area contributed by atoms with Gasteiger partial charge in [0.2, 0.25) is 0 Å². The molecular formula is C43H30N2O2P2. The summed E-state index contributed by atoms with van der Waals surface area (Å²) < 4.78 is 33.2. The molecule has 0 aliphatic rings. The molecule has 7 aromatic carbocycles. The van der Waals surface area contributed by atoms with Crippen LogP contribution in [0.4, 0.5) is 0 Å². The largest absolute Gasteiger partial charge is 0.309 e. The lowest BCUT2D eigenvalue weighted by Gasteiger charge is -2.23. The van der Waals surface area contributed by atoms with E-state index in [0.717, 1.165) is 70.2 Å². The topological polar surface area (TPSA) is 51.4 Å². The van der Waals surface area contributed by atoms with Crippen molar-refractivity contribution in [1.29, 1.82) is 0 Å². The Bertz CT molecular complexity index is 2680. The summed E-state index contributed by atoms with van der Waals surface area (Å²) in [5.41, 5.74) is 3.37. The first kappa shape index (κ1) is 29.6. The van der Waals surface area contributed by atoms with E-state index >= 15 is 9.13 Å². The molecule has 0 unspecified atom stereocenters. The minimum atomic E-state index is -3.31. The van der Waals surface area contributed by atoms with Crippen LogP contribution in [0.2, 0.25) is 0 Å². The van der Waals surface area contributed by atoms with Crippen molar-refractivity contribution in [1.82, 2.24) is 9.38 Å². The predicted molar refractivity (Wildman–Crippen MR) is 206 cm³/mol. The number of hydrogen-bond acceptors (Lipinski definition) is 3. The fourth-order valence-electron chi connectivity index (χ4n) is 7.26. The Labute approximate surface area is 284 Å². The highest BCUT2D eigenvalue weighted by Gasteiger charge is 2.33. The minimum absolute atomic E-state index is 0.729. The summed E-state index contributed by atoms with van der Waals surface area (Å²) in [5.74, 6) is 0. The van der Waals surface area contributed by atoms with Crippen molar-refractivity contribution in [2.45, 2.75) is 0 Å². The average molecular weight is 669 g/mol. The molecule has 0 bridgehead atoms. The molecule has 234 valence electrons. The van der Waals surface area contributed by atoms with Gasteiger partial charge in [0.1, 0.15) is 5.65 Å². The van der Waals surface area contributed by atoms with Crippen LogP contribution in [0.5, 0.6) is 0 Å². The molecule has 2 heterocycles. The highest BCUT2D eigenvalue weighted by Crippen LogP contribution is 2.47. The SMILES string of the molecule is O=P(c1ccccc1)(c1ccccc1)c1ccc2c(c1)nc1c3ccccc3c3c(P(=O)(c4ccccc4)c4ccccc4)cccc3n21. The van der Waals surface area contributed by atoms with Gasteiger partial charge in [-0.2, -0.15) is 0 Å². The van der Waals surface area contributed by atoms with E-state index in [1.807, 2.05) is 164 Å². The third-order valence-electron chi connectivity index (χ3n) is 9.52. The zero-order chi connectivity index (χ0) is 33.0. The molecule has 0 aliphatic carbocycles. The second-order valence-corrected chi connectivity index (χ2v) is 17.7. The lowest BCUT2D eigenvalue weighted by molar-refractivity contribution is 0.591. The number of aromatic nitrogens is 2. The highest BCUT2D eigenvalue weighted by molar-refractivity contribution is 7.86. The first-order valence-corrected chi connectivity index (χ1v) is 19.7. The Hall–Kier alpha value is -5.53. The van der Waals surface area contributed by atoms with Gasteiger partial charge in [-0.3, -0.25) is 4.40 Å². The summed E-state index contributed by atoms with van der Waals surface area (Å²) in [7, 11) is -6.52. The van der Waals surface area contributed by atoms with Crippen LogP contribution in [-0.2, 0) is 9.13 Å². The normalized spacial score (nSPS) is 12.2. The molecule has 0 amide bonds. The zero-order valence-electron chi connectivity index (χ0n) is 26.4. The van der Waals surface area contributed by atoms with Crippen molar-refractivity contribution in [3.05, 3.63) is 182 Å². The van der Waals surface area contributed by atoms with Gasteiger partial charge in [-0.05, 0) is 29.7 Å². The van der Waals surface area contributed by atoms with Crippen LogP contribution < -0.4 is 31.8 Å². The summed E-state index contributed by atoms with van der Waals surface area (Å²) in [4.78, 5) is 5.24. The number of fused-ring (bicyclic) bond motifs is 8. The molecule has 0 atom stereocenters. The maximum Gasteiger partial charge on any atom is 0.171 e. The van der Waals surface area contributed by atoms with Gasteiger partial charge in [0.15, 0.2) is 14.3 Å². The van der Waals surface area contributed by atoms with E-state index < -0.39 is 14.3 Å². The summed E-state index contributed by atoms with van der Waals surface area (Å²) in [6, 6.07) is 59.4. The highest BCUT2D eigenvalue weighted by atomic mass is 31.2. The quantitative estimate of drug-likeness (QED) is 0.133. The van der Waals surface area contributed by atoms with Gasteiger partial charge in [-0.15, -0.1) is 0 Å². The maximum absolute atomic E-state index is 15.8. The van der Waals surface area contributed by atoms with E-state index in [0.29, 0.717) is 0 Å². The molecule has 9 rings (SSSR count). The molecule has 49 heavy (non-hydrogen) atoms. The molecule has 0 fully saturated rings. The third kappa shape index (κ3) is 4.49. The van der Waals surface area contributed by atoms with E-state index in [4.69, 9.17) is 4.98 Å². The van der Waals surface area contributed by atoms with E-state index in [1.54, 1.807) is 0 Å². The van der Waals surface area contributed by atoms with Crippen LogP contribution in [-0.4, -0.2) is 9.38 Å². The van der Waals surface area contributed by atoms with Gasteiger partial charge in [-0.1, -0.05) is 158 Å². The van der Waals surface area contributed by atoms with Crippen LogP contribution in [0.1, 0.15) is 0 Å². The van der Waals surface area contributed by atoms with Gasteiger partial charge < -0.3 is 9.13 Å². The monoisotopic (exact) mass is 668 g/mol. The second kappa shape index (κ2) is 11.6. The van der Waals surface area contributed by atoms with Gasteiger partial charge in [0, 0.05) is 42.6 Å². The summed E-state index contributed by atoms with van der Waals surface area (Å²) in [5, 5.41) is 7.54. The molecule has 0 saturated heterocycles. The Morgan fingerprint density at radius 1 is 0.408 bits per heavy atom. The van der Waals surface area contributed by atoms with Crippen LogP contribution in [0.15, 0.2) is 182 Å². The molecule has 9 aromatic rings. The number of imidazole rings is 1. The number of nitrogens with zero attached hydrogens (tertiary/aromatic N) is 2. The summed E-state index contributed by atoms with van der Waals surface area (Å²) >= 11 is 0. The standard InChI is InChI=1S/C43H30N2O2P2/c46-48(31-16-5-1-6-17-31,32-18-7-2-8-19-32)35-28-29-39-38(30-35)44-43-37-25-14-13-24-36(37)42-40(45(39)43)26-15-27-41(42)49(47,33-20-9-3-10-21-33)34-22-11-4-12-23-34/h1-30H. The molecule has 0 spiro atoms. The van der Waals surface area contributed by atoms with Crippen molar-refractivity contribution in [2.75, 3.05) is 0 Å². The minimum Gasteiger partial charge on any atom is -0.309 e. The Morgan fingerprint density at radius 2 is 0.898 bits per heavy atom. The Kier molecular flexibility index (Phi) is 6.99.